The molecule has 0 saturated heterocycles. The Morgan fingerprint density at radius 1 is 0.889 bits per heavy atom. The van der Waals surface area contributed by atoms with Crippen LogP contribution >= 0.6 is 0 Å². The molecule has 0 saturated carbocycles. The maximum atomic E-state index is 12.2. The largest absolute Gasteiger partial charge is 0.350 e. The van der Waals surface area contributed by atoms with E-state index >= 15 is 0 Å². The molecule has 5 nitrogen and oxygen atoms in total. The highest BCUT2D eigenvalue weighted by Crippen LogP contribution is 2.11. The van der Waals surface area contributed by atoms with Crippen LogP contribution in [0.2, 0.25) is 0 Å². The summed E-state index contributed by atoms with van der Waals surface area (Å²) in [6, 6.07) is 15.5. The van der Waals surface area contributed by atoms with E-state index in [9.17, 15) is 9.59 Å². The summed E-state index contributed by atoms with van der Waals surface area (Å²) in [5.41, 5.74) is 3.80. The highest BCUT2D eigenvalue weighted by Gasteiger charge is 2.11. The van der Waals surface area contributed by atoms with Crippen molar-refractivity contribution in [2.24, 2.45) is 0 Å². The molecule has 144 valence electrons. The molecular formula is C22H29N3O2. The second kappa shape index (κ2) is 10.5. The van der Waals surface area contributed by atoms with Crippen molar-refractivity contribution in [1.29, 1.82) is 0 Å². The summed E-state index contributed by atoms with van der Waals surface area (Å²) in [6.07, 6.45) is 0. The highest BCUT2D eigenvalue weighted by molar-refractivity contribution is 5.97. The number of nitrogens with one attached hydrogen (secondary N) is 2. The molecule has 0 atom stereocenters. The van der Waals surface area contributed by atoms with Crippen LogP contribution in [0.5, 0.6) is 0 Å². The Hall–Kier alpha value is -2.66. The molecule has 0 heterocycles. The third kappa shape index (κ3) is 6.22. The standard InChI is InChI=1S/C22H29N3O2/c1-4-25(5-2)16-19-12-8-7-11-18(19)14-23-21(26)15-24-22(27)20-13-9-6-10-17(20)3/h6-13H,4-5,14-16H2,1-3H3,(H,23,26)(H,24,27). The van der Waals surface area contributed by atoms with Crippen LogP contribution in [0.4, 0.5) is 0 Å². The van der Waals surface area contributed by atoms with E-state index in [1.165, 1.54) is 5.56 Å². The molecule has 2 rings (SSSR count). The predicted octanol–water partition coefficient (Wildman–Crippen LogP) is 2.88. The van der Waals surface area contributed by atoms with Crippen LogP contribution < -0.4 is 10.6 Å². The number of benzene rings is 2. The molecular weight excluding hydrogens is 338 g/mol. The lowest BCUT2D eigenvalue weighted by molar-refractivity contribution is -0.120. The quantitative estimate of drug-likeness (QED) is 0.716. The number of aryl methyl sites for hydroxylation is 1. The van der Waals surface area contributed by atoms with Gasteiger partial charge in [0.05, 0.1) is 6.54 Å². The van der Waals surface area contributed by atoms with E-state index in [0.29, 0.717) is 12.1 Å². The van der Waals surface area contributed by atoms with Gasteiger partial charge in [0.2, 0.25) is 5.91 Å². The van der Waals surface area contributed by atoms with Gasteiger partial charge in [0.15, 0.2) is 0 Å². The molecule has 2 N–H and O–H groups in total. The maximum Gasteiger partial charge on any atom is 0.251 e. The van der Waals surface area contributed by atoms with Gasteiger partial charge >= 0.3 is 0 Å². The topological polar surface area (TPSA) is 61.4 Å². The number of carbonyl (C=O) groups is 2. The van der Waals surface area contributed by atoms with Crippen molar-refractivity contribution in [3.05, 3.63) is 70.8 Å². The number of hydrogen-bond acceptors (Lipinski definition) is 3. The van der Waals surface area contributed by atoms with Crippen LogP contribution in [0.3, 0.4) is 0 Å². The second-order valence-electron chi connectivity index (χ2n) is 6.50. The van der Waals surface area contributed by atoms with Crippen LogP contribution in [0, 0.1) is 6.92 Å². The van der Waals surface area contributed by atoms with Gasteiger partial charge in [0, 0.05) is 18.7 Å². The SMILES string of the molecule is CCN(CC)Cc1ccccc1CNC(=O)CNC(=O)c1ccccc1C. The van der Waals surface area contributed by atoms with Crippen LogP contribution in [0.1, 0.15) is 40.9 Å². The molecule has 0 bridgehead atoms. The monoisotopic (exact) mass is 367 g/mol. The zero-order chi connectivity index (χ0) is 19.6. The van der Waals surface area contributed by atoms with Crippen molar-refractivity contribution >= 4 is 11.8 Å². The van der Waals surface area contributed by atoms with E-state index < -0.39 is 0 Å². The predicted molar refractivity (Wildman–Crippen MR) is 108 cm³/mol. The van der Waals surface area contributed by atoms with Crippen molar-refractivity contribution in [3.63, 3.8) is 0 Å². The average Bonchev–Trinajstić information content (AvgIpc) is 2.69. The van der Waals surface area contributed by atoms with E-state index in [-0.39, 0.29) is 18.4 Å². The molecule has 0 aliphatic rings. The fourth-order valence-electron chi connectivity index (χ4n) is 2.91. The first-order valence-corrected chi connectivity index (χ1v) is 9.44. The van der Waals surface area contributed by atoms with Gasteiger partial charge in [-0.15, -0.1) is 0 Å². The van der Waals surface area contributed by atoms with Crippen molar-refractivity contribution in [1.82, 2.24) is 15.5 Å². The smallest absolute Gasteiger partial charge is 0.251 e. The average molecular weight is 367 g/mol. The van der Waals surface area contributed by atoms with E-state index in [1.54, 1.807) is 6.07 Å². The Labute approximate surface area is 161 Å². The first-order valence-electron chi connectivity index (χ1n) is 9.44. The zero-order valence-electron chi connectivity index (χ0n) is 16.4. The van der Waals surface area contributed by atoms with Crippen molar-refractivity contribution in [3.8, 4) is 0 Å². The van der Waals surface area contributed by atoms with Crippen molar-refractivity contribution < 1.29 is 9.59 Å². The molecule has 0 aliphatic carbocycles. The Bertz CT molecular complexity index is 770. The lowest BCUT2D eigenvalue weighted by Crippen LogP contribution is -2.37. The summed E-state index contributed by atoms with van der Waals surface area (Å²) < 4.78 is 0. The fraction of sp³-hybridized carbons (Fsp3) is 0.364. The van der Waals surface area contributed by atoms with Gasteiger partial charge in [0.1, 0.15) is 0 Å². The minimum atomic E-state index is -0.231. The second-order valence-corrected chi connectivity index (χ2v) is 6.50. The first-order chi connectivity index (χ1) is 13.0. The molecule has 2 aromatic rings. The van der Waals surface area contributed by atoms with Gasteiger partial charge in [-0.3, -0.25) is 14.5 Å². The minimum Gasteiger partial charge on any atom is -0.350 e. The zero-order valence-corrected chi connectivity index (χ0v) is 16.4. The Morgan fingerprint density at radius 2 is 1.52 bits per heavy atom. The lowest BCUT2D eigenvalue weighted by atomic mass is 10.1. The van der Waals surface area contributed by atoms with Gasteiger partial charge < -0.3 is 10.6 Å². The van der Waals surface area contributed by atoms with Crippen LogP contribution in [-0.4, -0.2) is 36.3 Å². The molecule has 0 aliphatic heterocycles. The number of rotatable bonds is 9. The molecule has 27 heavy (non-hydrogen) atoms. The van der Waals surface area contributed by atoms with Crippen LogP contribution in [-0.2, 0) is 17.9 Å². The van der Waals surface area contributed by atoms with Crippen molar-refractivity contribution in [2.75, 3.05) is 19.6 Å². The summed E-state index contributed by atoms with van der Waals surface area (Å²) in [6.45, 7) is 9.42. The van der Waals surface area contributed by atoms with E-state index in [2.05, 4.69) is 35.4 Å². The number of carbonyl (C=O) groups excluding carboxylic acids is 2. The molecule has 2 amide bonds. The lowest BCUT2D eigenvalue weighted by Gasteiger charge is -2.20. The van der Waals surface area contributed by atoms with Crippen LogP contribution in [0.15, 0.2) is 48.5 Å². The molecule has 0 fully saturated rings. The summed E-state index contributed by atoms with van der Waals surface area (Å²) in [5.74, 6) is -0.431. The molecule has 2 aromatic carbocycles. The summed E-state index contributed by atoms with van der Waals surface area (Å²) in [7, 11) is 0. The molecule has 0 aromatic heterocycles. The molecule has 5 heteroatoms. The Kier molecular flexibility index (Phi) is 8.01. The van der Waals surface area contributed by atoms with Crippen molar-refractivity contribution in [2.45, 2.75) is 33.9 Å². The molecule has 0 spiro atoms. The van der Waals surface area contributed by atoms with Gasteiger partial charge in [0.25, 0.3) is 5.91 Å². The Morgan fingerprint density at radius 3 is 2.19 bits per heavy atom. The maximum absolute atomic E-state index is 12.2. The normalized spacial score (nSPS) is 10.7. The number of amides is 2. The summed E-state index contributed by atoms with van der Waals surface area (Å²) in [4.78, 5) is 26.7. The van der Waals surface area contributed by atoms with E-state index in [4.69, 9.17) is 0 Å². The Balaban J connectivity index is 1.87. The summed E-state index contributed by atoms with van der Waals surface area (Å²) >= 11 is 0. The molecule has 0 unspecified atom stereocenters. The van der Waals surface area contributed by atoms with E-state index in [0.717, 1.165) is 30.8 Å². The third-order valence-electron chi connectivity index (χ3n) is 4.68. The highest BCUT2D eigenvalue weighted by atomic mass is 16.2. The van der Waals surface area contributed by atoms with Gasteiger partial charge in [-0.25, -0.2) is 0 Å². The van der Waals surface area contributed by atoms with E-state index in [1.807, 2.05) is 43.3 Å². The van der Waals surface area contributed by atoms with Gasteiger partial charge in [-0.05, 0) is 42.8 Å². The minimum absolute atomic E-state index is 0.0363. The third-order valence-corrected chi connectivity index (χ3v) is 4.68. The summed E-state index contributed by atoms with van der Waals surface area (Å²) in [5, 5.41) is 5.58. The first kappa shape index (κ1) is 20.6. The number of hydrogen-bond donors (Lipinski definition) is 2. The van der Waals surface area contributed by atoms with Gasteiger partial charge in [-0.1, -0.05) is 56.3 Å². The fourth-order valence-corrected chi connectivity index (χ4v) is 2.91. The van der Waals surface area contributed by atoms with Gasteiger partial charge in [-0.2, -0.15) is 0 Å². The molecule has 0 radical (unpaired) electrons. The number of nitrogens with zero attached hydrogens (tertiary/aromatic N) is 1. The van der Waals surface area contributed by atoms with Crippen LogP contribution in [0.25, 0.3) is 0 Å².